The lowest BCUT2D eigenvalue weighted by Gasteiger charge is -2.16. The highest BCUT2D eigenvalue weighted by Crippen LogP contribution is 2.28. The number of hydrogen-bond acceptors (Lipinski definition) is 4. The van der Waals surface area contributed by atoms with E-state index in [-0.39, 0.29) is 5.91 Å². The van der Waals surface area contributed by atoms with Crippen LogP contribution in [0.5, 0.6) is 0 Å². The number of carbonyl (C=O) groups is 1. The summed E-state index contributed by atoms with van der Waals surface area (Å²) in [6.45, 7) is 2.75. The number of rotatable bonds is 3. The Morgan fingerprint density at radius 1 is 1.53 bits per heavy atom. The highest BCUT2D eigenvalue weighted by molar-refractivity contribution is 7.80. The van der Waals surface area contributed by atoms with Gasteiger partial charge in [0.25, 0.3) is 0 Å². The van der Waals surface area contributed by atoms with Crippen molar-refractivity contribution < 1.29 is 9.21 Å². The zero-order chi connectivity index (χ0) is 13.4. The van der Waals surface area contributed by atoms with Crippen LogP contribution in [-0.4, -0.2) is 23.2 Å². The Kier molecular flexibility index (Phi) is 3.22. The van der Waals surface area contributed by atoms with Crippen molar-refractivity contribution in [1.82, 2.24) is 4.98 Å². The third-order valence-electron chi connectivity index (χ3n) is 3.49. The number of nitrogens with zero attached hydrogens (tertiary/aromatic N) is 2. The lowest BCUT2D eigenvalue weighted by molar-refractivity contribution is -0.117. The van der Waals surface area contributed by atoms with Gasteiger partial charge in [0.15, 0.2) is 11.5 Å². The Hall–Kier alpha value is -1.49. The predicted octanol–water partition coefficient (Wildman–Crippen LogP) is 2.67. The molecule has 1 saturated heterocycles. The van der Waals surface area contributed by atoms with Crippen LogP contribution in [0.1, 0.15) is 19.2 Å². The summed E-state index contributed by atoms with van der Waals surface area (Å²) in [4.78, 5) is 18.2. The fourth-order valence-corrected chi connectivity index (χ4v) is 2.68. The second-order valence-electron chi connectivity index (χ2n) is 4.87. The molecule has 1 fully saturated rings. The normalized spacial score (nSPS) is 19.6. The smallest absolute Gasteiger partial charge is 0.227 e. The minimum absolute atomic E-state index is 0.164. The average molecular weight is 276 g/mol. The lowest BCUT2D eigenvalue weighted by Crippen LogP contribution is -2.24. The van der Waals surface area contributed by atoms with E-state index in [0.717, 1.165) is 41.4 Å². The second kappa shape index (κ2) is 4.89. The van der Waals surface area contributed by atoms with Crippen molar-refractivity contribution in [2.75, 3.05) is 17.2 Å². The quantitative estimate of drug-likeness (QED) is 0.877. The van der Waals surface area contributed by atoms with Crippen LogP contribution in [0.15, 0.2) is 22.6 Å². The van der Waals surface area contributed by atoms with E-state index in [0.29, 0.717) is 12.3 Å². The number of carbonyl (C=O) groups excluding carboxylic acids is 1. The van der Waals surface area contributed by atoms with Gasteiger partial charge in [-0.2, -0.15) is 12.6 Å². The Morgan fingerprint density at radius 2 is 2.37 bits per heavy atom. The summed E-state index contributed by atoms with van der Waals surface area (Å²) in [5, 5.41) is 0. The first kappa shape index (κ1) is 12.5. The fraction of sp³-hybridized carbons (Fsp3) is 0.429. The molecular formula is C14H16N2O2S. The molecule has 2 aromatic rings. The minimum Gasteiger partial charge on any atom is -0.441 e. The van der Waals surface area contributed by atoms with E-state index >= 15 is 0 Å². The molecule has 1 unspecified atom stereocenters. The van der Waals surface area contributed by atoms with Gasteiger partial charge in [-0.1, -0.05) is 6.92 Å². The molecule has 0 radical (unpaired) electrons. The van der Waals surface area contributed by atoms with Crippen molar-refractivity contribution in [1.29, 1.82) is 0 Å². The summed E-state index contributed by atoms with van der Waals surface area (Å²) in [7, 11) is 0. The number of oxazole rings is 1. The van der Waals surface area contributed by atoms with Gasteiger partial charge in [-0.15, -0.1) is 0 Å². The number of hydrogen-bond donors (Lipinski definition) is 1. The molecule has 19 heavy (non-hydrogen) atoms. The van der Waals surface area contributed by atoms with Crippen LogP contribution < -0.4 is 4.90 Å². The van der Waals surface area contributed by atoms with Gasteiger partial charge in [0, 0.05) is 25.1 Å². The van der Waals surface area contributed by atoms with Crippen molar-refractivity contribution in [3.05, 3.63) is 24.1 Å². The highest BCUT2D eigenvalue weighted by atomic mass is 32.1. The molecule has 0 bridgehead atoms. The maximum absolute atomic E-state index is 12.0. The Labute approximate surface area is 117 Å². The van der Waals surface area contributed by atoms with E-state index in [4.69, 9.17) is 4.42 Å². The van der Waals surface area contributed by atoms with E-state index in [2.05, 4.69) is 17.6 Å². The molecule has 1 aromatic carbocycles. The van der Waals surface area contributed by atoms with Crippen molar-refractivity contribution in [2.24, 2.45) is 5.92 Å². The monoisotopic (exact) mass is 276 g/mol. The van der Waals surface area contributed by atoms with E-state index in [1.54, 1.807) is 0 Å². The standard InChI is InChI=1S/C14H16N2O2S/c1-2-13-15-11-6-10(3-4-12(11)18-13)16-7-9(8-19)5-14(16)17/h3-4,6,9,19H,2,5,7-8H2,1H3. The molecule has 5 heteroatoms. The van der Waals surface area contributed by atoms with Crippen LogP contribution in [0.3, 0.4) is 0 Å². The van der Waals surface area contributed by atoms with Gasteiger partial charge in [0.1, 0.15) is 5.52 Å². The van der Waals surface area contributed by atoms with Crippen LogP contribution in [-0.2, 0) is 11.2 Å². The molecule has 0 N–H and O–H groups in total. The average Bonchev–Trinajstić information content (AvgIpc) is 3.00. The van der Waals surface area contributed by atoms with Crippen LogP contribution in [0.4, 0.5) is 5.69 Å². The number of anilines is 1. The maximum atomic E-state index is 12.0. The molecule has 1 aliphatic heterocycles. The van der Waals surface area contributed by atoms with E-state index < -0.39 is 0 Å². The molecule has 3 rings (SSSR count). The Bertz CT molecular complexity index is 623. The maximum Gasteiger partial charge on any atom is 0.227 e. The van der Waals surface area contributed by atoms with Gasteiger partial charge >= 0.3 is 0 Å². The highest BCUT2D eigenvalue weighted by Gasteiger charge is 2.29. The summed E-state index contributed by atoms with van der Waals surface area (Å²) in [5.41, 5.74) is 2.49. The number of thiol groups is 1. The van der Waals surface area contributed by atoms with Gasteiger partial charge in [0.05, 0.1) is 0 Å². The molecule has 1 aromatic heterocycles. The van der Waals surface area contributed by atoms with Gasteiger partial charge in [-0.3, -0.25) is 4.79 Å². The van der Waals surface area contributed by atoms with Gasteiger partial charge in [0.2, 0.25) is 5.91 Å². The number of amides is 1. The third kappa shape index (κ3) is 2.23. The van der Waals surface area contributed by atoms with Crippen molar-refractivity contribution in [3.63, 3.8) is 0 Å². The topological polar surface area (TPSA) is 46.3 Å². The van der Waals surface area contributed by atoms with Crippen molar-refractivity contribution >= 4 is 35.3 Å². The van der Waals surface area contributed by atoms with Gasteiger partial charge in [-0.05, 0) is 29.9 Å². The summed E-state index contributed by atoms with van der Waals surface area (Å²) in [6, 6.07) is 5.74. The van der Waals surface area contributed by atoms with Crippen molar-refractivity contribution in [3.8, 4) is 0 Å². The lowest BCUT2D eigenvalue weighted by atomic mass is 10.1. The van der Waals surface area contributed by atoms with Crippen LogP contribution in [0.25, 0.3) is 11.1 Å². The molecule has 1 aliphatic rings. The first-order chi connectivity index (χ1) is 9.21. The van der Waals surface area contributed by atoms with Crippen LogP contribution in [0, 0.1) is 5.92 Å². The zero-order valence-corrected chi connectivity index (χ0v) is 11.7. The summed E-state index contributed by atoms with van der Waals surface area (Å²) >= 11 is 4.28. The van der Waals surface area contributed by atoms with Gasteiger partial charge < -0.3 is 9.32 Å². The number of aryl methyl sites for hydroxylation is 1. The molecule has 0 saturated carbocycles. The zero-order valence-electron chi connectivity index (χ0n) is 10.8. The largest absolute Gasteiger partial charge is 0.441 e. The number of fused-ring (bicyclic) bond motifs is 1. The summed E-state index contributed by atoms with van der Waals surface area (Å²) in [5.74, 6) is 1.98. The first-order valence-electron chi connectivity index (χ1n) is 6.52. The number of benzene rings is 1. The molecule has 1 atom stereocenters. The molecule has 2 heterocycles. The Morgan fingerprint density at radius 3 is 3.05 bits per heavy atom. The Balaban J connectivity index is 1.94. The molecule has 1 amide bonds. The molecule has 4 nitrogen and oxygen atoms in total. The van der Waals surface area contributed by atoms with E-state index in [9.17, 15) is 4.79 Å². The minimum atomic E-state index is 0.164. The van der Waals surface area contributed by atoms with E-state index in [1.165, 1.54) is 0 Å². The molecule has 100 valence electrons. The summed E-state index contributed by atoms with van der Waals surface area (Å²) in [6.07, 6.45) is 1.36. The molecular weight excluding hydrogens is 260 g/mol. The molecule has 0 aliphatic carbocycles. The SMILES string of the molecule is CCc1nc2cc(N3CC(CS)CC3=O)ccc2o1. The molecule has 0 spiro atoms. The fourth-order valence-electron chi connectivity index (χ4n) is 2.44. The second-order valence-corrected chi connectivity index (χ2v) is 5.24. The van der Waals surface area contributed by atoms with Crippen LogP contribution >= 0.6 is 12.6 Å². The summed E-state index contributed by atoms with van der Waals surface area (Å²) < 4.78 is 5.58. The third-order valence-corrected chi connectivity index (χ3v) is 4.01. The van der Waals surface area contributed by atoms with Crippen molar-refractivity contribution in [2.45, 2.75) is 19.8 Å². The van der Waals surface area contributed by atoms with Gasteiger partial charge in [-0.25, -0.2) is 4.98 Å². The van der Waals surface area contributed by atoms with Crippen LogP contribution in [0.2, 0.25) is 0 Å². The number of aromatic nitrogens is 1. The van der Waals surface area contributed by atoms with E-state index in [1.807, 2.05) is 30.0 Å². The first-order valence-corrected chi connectivity index (χ1v) is 7.15. The predicted molar refractivity (Wildman–Crippen MR) is 77.7 cm³/mol.